The Kier molecular flexibility index (Phi) is 5.42. The van der Waals surface area contributed by atoms with Gasteiger partial charge in [-0.1, -0.05) is 13.0 Å². The van der Waals surface area contributed by atoms with Gasteiger partial charge in [0, 0.05) is 30.9 Å². The number of hydrogen-bond acceptors (Lipinski definition) is 2. The van der Waals surface area contributed by atoms with E-state index in [1.165, 1.54) is 16.8 Å². The summed E-state index contributed by atoms with van der Waals surface area (Å²) in [5.74, 6) is 0. The van der Waals surface area contributed by atoms with E-state index in [1.807, 2.05) is 0 Å². The maximum Gasteiger partial charge on any atom is 0.0408 e. The van der Waals surface area contributed by atoms with Gasteiger partial charge >= 0.3 is 0 Å². The van der Waals surface area contributed by atoms with Crippen LogP contribution in [0.2, 0.25) is 0 Å². The van der Waals surface area contributed by atoms with Crippen LogP contribution in [0.4, 0.5) is 5.69 Å². The van der Waals surface area contributed by atoms with Crippen molar-refractivity contribution in [2.75, 3.05) is 18.5 Å². The molecule has 108 valence electrons. The number of nitrogens with one attached hydrogen (secondary N) is 1. The van der Waals surface area contributed by atoms with E-state index in [-0.39, 0.29) is 5.54 Å². The van der Waals surface area contributed by atoms with Gasteiger partial charge in [-0.2, -0.15) is 0 Å². The van der Waals surface area contributed by atoms with Gasteiger partial charge < -0.3 is 10.2 Å². The summed E-state index contributed by atoms with van der Waals surface area (Å²) >= 11 is 0. The zero-order valence-electron chi connectivity index (χ0n) is 13.7. The lowest BCUT2D eigenvalue weighted by atomic mass is 10.1. The molecule has 0 amide bonds. The van der Waals surface area contributed by atoms with Crippen LogP contribution in [0.1, 0.15) is 45.2 Å². The smallest absolute Gasteiger partial charge is 0.0408 e. The zero-order chi connectivity index (χ0) is 14.6. The molecule has 1 aromatic carbocycles. The first kappa shape index (κ1) is 16.0. The molecule has 19 heavy (non-hydrogen) atoms. The molecule has 0 aromatic heterocycles. The molecule has 0 bridgehead atoms. The molecule has 1 aromatic rings. The van der Waals surface area contributed by atoms with E-state index in [4.69, 9.17) is 0 Å². The van der Waals surface area contributed by atoms with Crippen LogP contribution in [0, 0.1) is 13.8 Å². The number of nitrogens with zero attached hydrogens (tertiary/aromatic N) is 1. The summed E-state index contributed by atoms with van der Waals surface area (Å²) < 4.78 is 0. The second kappa shape index (κ2) is 6.42. The van der Waals surface area contributed by atoms with Crippen molar-refractivity contribution >= 4 is 5.69 Å². The molecule has 0 aliphatic carbocycles. The van der Waals surface area contributed by atoms with E-state index in [0.29, 0.717) is 6.04 Å². The number of anilines is 1. The second-order valence-corrected chi connectivity index (χ2v) is 6.65. The van der Waals surface area contributed by atoms with Crippen LogP contribution in [0.5, 0.6) is 0 Å². The Morgan fingerprint density at radius 1 is 1.11 bits per heavy atom. The highest BCUT2D eigenvalue weighted by Crippen LogP contribution is 2.20. The topological polar surface area (TPSA) is 15.3 Å². The molecule has 0 spiro atoms. The van der Waals surface area contributed by atoms with Gasteiger partial charge in [-0.05, 0) is 64.3 Å². The van der Waals surface area contributed by atoms with Crippen molar-refractivity contribution in [3.05, 3.63) is 29.3 Å². The van der Waals surface area contributed by atoms with Crippen molar-refractivity contribution < 1.29 is 0 Å². The molecule has 0 fully saturated rings. The number of aryl methyl sites for hydroxylation is 2. The van der Waals surface area contributed by atoms with E-state index < -0.39 is 0 Å². The fraction of sp³-hybridized carbons (Fsp3) is 0.647. The Morgan fingerprint density at radius 3 is 2.05 bits per heavy atom. The molecule has 2 heteroatoms. The first-order valence-electron chi connectivity index (χ1n) is 7.29. The van der Waals surface area contributed by atoms with Crippen molar-refractivity contribution in [1.29, 1.82) is 0 Å². The third-order valence-electron chi connectivity index (χ3n) is 3.50. The summed E-state index contributed by atoms with van der Waals surface area (Å²) in [6.45, 7) is 14.3. The highest BCUT2D eigenvalue weighted by Gasteiger charge is 2.17. The highest BCUT2D eigenvalue weighted by molar-refractivity contribution is 5.51. The summed E-state index contributed by atoms with van der Waals surface area (Å²) in [4.78, 5) is 2.40. The van der Waals surface area contributed by atoms with Gasteiger partial charge in [0.2, 0.25) is 0 Å². The van der Waals surface area contributed by atoms with Gasteiger partial charge in [0.15, 0.2) is 0 Å². The minimum atomic E-state index is 0.177. The van der Waals surface area contributed by atoms with E-state index in [9.17, 15) is 0 Å². The summed E-state index contributed by atoms with van der Waals surface area (Å²) in [6.07, 6.45) is 1.15. The Morgan fingerprint density at radius 2 is 1.63 bits per heavy atom. The monoisotopic (exact) mass is 262 g/mol. The third-order valence-corrected chi connectivity index (χ3v) is 3.50. The summed E-state index contributed by atoms with van der Waals surface area (Å²) in [6, 6.07) is 7.30. The molecule has 1 rings (SSSR count). The lowest BCUT2D eigenvalue weighted by molar-refractivity contribution is 0.397. The van der Waals surface area contributed by atoms with Crippen LogP contribution >= 0.6 is 0 Å². The largest absolute Gasteiger partial charge is 0.370 e. The predicted octanol–water partition coefficient (Wildman–Crippen LogP) is 3.91. The van der Waals surface area contributed by atoms with Gasteiger partial charge in [0.05, 0.1) is 0 Å². The quantitative estimate of drug-likeness (QED) is 0.865. The summed E-state index contributed by atoms with van der Waals surface area (Å²) in [7, 11) is 2.20. The van der Waals surface area contributed by atoms with E-state index in [1.54, 1.807) is 0 Å². The van der Waals surface area contributed by atoms with Crippen LogP contribution in [0.25, 0.3) is 0 Å². The Bertz CT molecular complexity index is 384. The third kappa shape index (κ3) is 5.23. The lowest BCUT2D eigenvalue weighted by Gasteiger charge is -2.33. The first-order chi connectivity index (χ1) is 8.73. The molecule has 0 heterocycles. The molecule has 2 nitrogen and oxygen atoms in total. The Hall–Kier alpha value is -1.02. The van der Waals surface area contributed by atoms with Crippen molar-refractivity contribution in [2.24, 2.45) is 0 Å². The molecule has 0 saturated carbocycles. The first-order valence-corrected chi connectivity index (χ1v) is 7.29. The molecular formula is C17H30N2. The fourth-order valence-electron chi connectivity index (χ4n) is 2.34. The van der Waals surface area contributed by atoms with Crippen molar-refractivity contribution in [2.45, 2.75) is 59.5 Å². The van der Waals surface area contributed by atoms with Crippen molar-refractivity contribution in [3.63, 3.8) is 0 Å². The predicted molar refractivity (Wildman–Crippen MR) is 86.2 cm³/mol. The van der Waals surface area contributed by atoms with Crippen molar-refractivity contribution in [1.82, 2.24) is 5.32 Å². The van der Waals surface area contributed by atoms with Crippen LogP contribution in [0.3, 0.4) is 0 Å². The van der Waals surface area contributed by atoms with Gasteiger partial charge in [0.1, 0.15) is 0 Å². The second-order valence-electron chi connectivity index (χ2n) is 6.65. The van der Waals surface area contributed by atoms with E-state index >= 15 is 0 Å². The van der Waals surface area contributed by atoms with Gasteiger partial charge in [0.25, 0.3) is 0 Å². The zero-order valence-corrected chi connectivity index (χ0v) is 13.7. The molecule has 0 radical (unpaired) electrons. The molecule has 0 saturated heterocycles. The minimum Gasteiger partial charge on any atom is -0.370 e. The molecule has 0 aliphatic rings. The Labute approximate surface area is 119 Å². The standard InChI is InChI=1S/C17H30N2/c1-8-15(12-18-17(4,5)6)19(7)16-10-13(2)9-14(3)11-16/h9-11,15,18H,8,12H2,1-7H3. The molecular weight excluding hydrogens is 232 g/mol. The molecule has 1 N–H and O–H groups in total. The Balaban J connectivity index is 2.80. The summed E-state index contributed by atoms with van der Waals surface area (Å²) in [5.41, 5.74) is 4.16. The average molecular weight is 262 g/mol. The van der Waals surface area contributed by atoms with Crippen LogP contribution in [-0.4, -0.2) is 25.2 Å². The van der Waals surface area contributed by atoms with Gasteiger partial charge in [-0.15, -0.1) is 0 Å². The van der Waals surface area contributed by atoms with E-state index in [0.717, 1.165) is 13.0 Å². The lowest BCUT2D eigenvalue weighted by Crippen LogP contribution is -2.46. The molecule has 1 unspecified atom stereocenters. The molecule has 1 atom stereocenters. The van der Waals surface area contributed by atoms with Crippen LogP contribution in [-0.2, 0) is 0 Å². The maximum absolute atomic E-state index is 3.61. The van der Waals surface area contributed by atoms with Gasteiger partial charge in [-0.25, -0.2) is 0 Å². The maximum atomic E-state index is 3.61. The van der Waals surface area contributed by atoms with Gasteiger partial charge in [-0.3, -0.25) is 0 Å². The number of rotatable bonds is 5. The number of hydrogen-bond donors (Lipinski definition) is 1. The van der Waals surface area contributed by atoms with Crippen LogP contribution in [0.15, 0.2) is 18.2 Å². The summed E-state index contributed by atoms with van der Waals surface area (Å²) in [5, 5.41) is 3.61. The normalized spacial score (nSPS) is 13.4. The number of benzene rings is 1. The van der Waals surface area contributed by atoms with E-state index in [2.05, 4.69) is 77.0 Å². The van der Waals surface area contributed by atoms with Crippen LogP contribution < -0.4 is 10.2 Å². The van der Waals surface area contributed by atoms with Crippen molar-refractivity contribution in [3.8, 4) is 0 Å². The molecule has 0 aliphatic heterocycles. The number of likely N-dealkylation sites (N-methyl/N-ethyl adjacent to an activating group) is 1. The minimum absolute atomic E-state index is 0.177. The average Bonchev–Trinajstić information content (AvgIpc) is 2.26. The highest BCUT2D eigenvalue weighted by atomic mass is 15.2. The SMILES string of the molecule is CCC(CNC(C)(C)C)N(C)c1cc(C)cc(C)c1. The fourth-order valence-corrected chi connectivity index (χ4v) is 2.34.